The van der Waals surface area contributed by atoms with Crippen LogP contribution in [0.4, 0.5) is 4.39 Å². The highest BCUT2D eigenvalue weighted by Crippen LogP contribution is 2.20. The minimum Gasteiger partial charge on any atom is -0.496 e. The Balaban J connectivity index is 2.91. The Hall–Kier alpha value is -1.13. The Morgan fingerprint density at radius 2 is 2.23 bits per heavy atom. The number of alkyl halides is 1. The molecule has 0 saturated carbocycles. The summed E-state index contributed by atoms with van der Waals surface area (Å²) in [6.07, 6.45) is 0. The standard InChI is InChI=1S/C9H12FNO2/c1-12-9-3-2-7(6-13-11)4-8(9)5-10/h2-4H,5-6,11H2,1H3. The maximum atomic E-state index is 12.4. The smallest absolute Gasteiger partial charge is 0.124 e. The summed E-state index contributed by atoms with van der Waals surface area (Å²) in [5.41, 5.74) is 1.34. The van der Waals surface area contributed by atoms with E-state index in [1.54, 1.807) is 18.2 Å². The third-order valence-corrected chi connectivity index (χ3v) is 1.74. The van der Waals surface area contributed by atoms with Crippen LogP contribution in [0.3, 0.4) is 0 Å². The first-order valence-electron chi connectivity index (χ1n) is 3.85. The molecule has 0 heterocycles. The molecule has 0 saturated heterocycles. The molecular formula is C9H12FNO2. The van der Waals surface area contributed by atoms with E-state index in [9.17, 15) is 4.39 Å². The van der Waals surface area contributed by atoms with E-state index in [0.717, 1.165) is 5.56 Å². The molecule has 1 rings (SSSR count). The molecule has 4 heteroatoms. The fourth-order valence-electron chi connectivity index (χ4n) is 1.12. The SMILES string of the molecule is COc1ccc(CON)cc1CF. The van der Waals surface area contributed by atoms with E-state index < -0.39 is 6.67 Å². The molecule has 2 N–H and O–H groups in total. The van der Waals surface area contributed by atoms with E-state index in [1.165, 1.54) is 7.11 Å². The Bertz CT molecular complexity index is 278. The summed E-state index contributed by atoms with van der Waals surface area (Å²) in [4.78, 5) is 4.44. The Morgan fingerprint density at radius 3 is 2.77 bits per heavy atom. The maximum Gasteiger partial charge on any atom is 0.124 e. The van der Waals surface area contributed by atoms with Gasteiger partial charge in [0.25, 0.3) is 0 Å². The summed E-state index contributed by atoms with van der Waals surface area (Å²) in [6, 6.07) is 5.15. The summed E-state index contributed by atoms with van der Waals surface area (Å²) in [5.74, 6) is 5.44. The van der Waals surface area contributed by atoms with Gasteiger partial charge >= 0.3 is 0 Å². The molecule has 0 radical (unpaired) electrons. The van der Waals surface area contributed by atoms with Crippen molar-refractivity contribution in [1.82, 2.24) is 0 Å². The number of hydrogen-bond donors (Lipinski definition) is 1. The molecule has 13 heavy (non-hydrogen) atoms. The summed E-state index contributed by atoms with van der Waals surface area (Å²) >= 11 is 0. The van der Waals surface area contributed by atoms with E-state index in [4.69, 9.17) is 10.6 Å². The van der Waals surface area contributed by atoms with Crippen LogP contribution in [0.1, 0.15) is 11.1 Å². The van der Waals surface area contributed by atoms with Gasteiger partial charge in [-0.05, 0) is 17.7 Å². The van der Waals surface area contributed by atoms with E-state index in [-0.39, 0.29) is 6.61 Å². The molecule has 0 amide bonds. The number of benzene rings is 1. The van der Waals surface area contributed by atoms with E-state index in [1.807, 2.05) is 0 Å². The highest BCUT2D eigenvalue weighted by Gasteiger charge is 2.03. The predicted molar refractivity (Wildman–Crippen MR) is 46.8 cm³/mol. The number of ether oxygens (including phenoxy) is 1. The minimum absolute atomic E-state index is 0.275. The van der Waals surface area contributed by atoms with E-state index >= 15 is 0 Å². The zero-order chi connectivity index (χ0) is 9.68. The molecule has 0 spiro atoms. The van der Waals surface area contributed by atoms with Gasteiger partial charge in [0.05, 0.1) is 13.7 Å². The van der Waals surface area contributed by atoms with Gasteiger partial charge in [-0.25, -0.2) is 10.3 Å². The lowest BCUT2D eigenvalue weighted by Gasteiger charge is -2.07. The summed E-state index contributed by atoms with van der Waals surface area (Å²) in [5, 5.41) is 0. The zero-order valence-corrected chi connectivity index (χ0v) is 7.42. The molecule has 1 aromatic rings. The van der Waals surface area contributed by atoms with Gasteiger partial charge in [0.15, 0.2) is 0 Å². The average Bonchev–Trinajstić information content (AvgIpc) is 2.18. The first-order valence-corrected chi connectivity index (χ1v) is 3.85. The second-order valence-electron chi connectivity index (χ2n) is 2.59. The van der Waals surface area contributed by atoms with Crippen molar-refractivity contribution in [2.75, 3.05) is 7.11 Å². The van der Waals surface area contributed by atoms with Crippen molar-refractivity contribution in [3.63, 3.8) is 0 Å². The lowest BCUT2D eigenvalue weighted by Crippen LogP contribution is -2.00. The molecule has 0 aromatic heterocycles. The monoisotopic (exact) mass is 185 g/mol. The van der Waals surface area contributed by atoms with Gasteiger partial charge < -0.3 is 4.74 Å². The van der Waals surface area contributed by atoms with Gasteiger partial charge in [-0.2, -0.15) is 0 Å². The number of methoxy groups -OCH3 is 1. The average molecular weight is 185 g/mol. The van der Waals surface area contributed by atoms with Crippen LogP contribution in [-0.2, 0) is 18.1 Å². The van der Waals surface area contributed by atoms with Gasteiger partial charge in [0.1, 0.15) is 12.4 Å². The van der Waals surface area contributed by atoms with Crippen LogP contribution in [0.15, 0.2) is 18.2 Å². The van der Waals surface area contributed by atoms with Crippen molar-refractivity contribution in [3.05, 3.63) is 29.3 Å². The van der Waals surface area contributed by atoms with Crippen molar-refractivity contribution in [2.45, 2.75) is 13.3 Å². The first-order chi connectivity index (χ1) is 6.31. The van der Waals surface area contributed by atoms with Gasteiger partial charge in [-0.1, -0.05) is 6.07 Å². The highest BCUT2D eigenvalue weighted by molar-refractivity contribution is 5.36. The number of halogens is 1. The molecular weight excluding hydrogens is 173 g/mol. The predicted octanol–water partition coefficient (Wildman–Crippen LogP) is 1.55. The Morgan fingerprint density at radius 1 is 1.46 bits per heavy atom. The quantitative estimate of drug-likeness (QED) is 0.724. The fraction of sp³-hybridized carbons (Fsp3) is 0.333. The summed E-state index contributed by atoms with van der Waals surface area (Å²) in [7, 11) is 1.51. The maximum absolute atomic E-state index is 12.4. The largest absolute Gasteiger partial charge is 0.496 e. The zero-order valence-electron chi connectivity index (χ0n) is 7.42. The number of rotatable bonds is 4. The lowest BCUT2D eigenvalue weighted by atomic mass is 10.1. The van der Waals surface area contributed by atoms with Crippen molar-refractivity contribution < 1.29 is 14.0 Å². The molecule has 0 atom stereocenters. The van der Waals surface area contributed by atoms with Crippen molar-refractivity contribution >= 4 is 0 Å². The molecule has 0 aliphatic carbocycles. The van der Waals surface area contributed by atoms with Crippen molar-refractivity contribution in [1.29, 1.82) is 0 Å². The first kappa shape index (κ1) is 9.95. The Labute approximate surface area is 76.2 Å². The van der Waals surface area contributed by atoms with Crippen LogP contribution in [0, 0.1) is 0 Å². The summed E-state index contributed by atoms with van der Waals surface area (Å²) < 4.78 is 17.4. The molecule has 3 nitrogen and oxygen atoms in total. The van der Waals surface area contributed by atoms with Crippen molar-refractivity contribution in [2.24, 2.45) is 5.90 Å². The molecule has 0 fully saturated rings. The molecule has 72 valence electrons. The van der Waals surface area contributed by atoms with Gasteiger partial charge in [-0.3, -0.25) is 4.84 Å². The number of nitrogens with two attached hydrogens (primary N) is 1. The molecule has 0 unspecified atom stereocenters. The van der Waals surface area contributed by atoms with E-state index in [2.05, 4.69) is 4.84 Å². The van der Waals surface area contributed by atoms with Crippen molar-refractivity contribution in [3.8, 4) is 5.75 Å². The van der Waals surface area contributed by atoms with Gasteiger partial charge in [0, 0.05) is 5.56 Å². The Kier molecular flexibility index (Phi) is 3.67. The topological polar surface area (TPSA) is 44.5 Å². The van der Waals surface area contributed by atoms with Crippen LogP contribution in [-0.4, -0.2) is 7.11 Å². The lowest BCUT2D eigenvalue weighted by molar-refractivity contribution is 0.124. The van der Waals surface area contributed by atoms with Crippen LogP contribution in [0.5, 0.6) is 5.75 Å². The normalized spacial score (nSPS) is 10.1. The third-order valence-electron chi connectivity index (χ3n) is 1.74. The van der Waals surface area contributed by atoms with Gasteiger partial charge in [-0.15, -0.1) is 0 Å². The molecule has 0 aliphatic heterocycles. The molecule has 0 aliphatic rings. The molecule has 1 aromatic carbocycles. The fourth-order valence-corrected chi connectivity index (χ4v) is 1.12. The van der Waals surface area contributed by atoms with Crippen LogP contribution in [0.25, 0.3) is 0 Å². The van der Waals surface area contributed by atoms with Crippen LogP contribution in [0.2, 0.25) is 0 Å². The highest BCUT2D eigenvalue weighted by atomic mass is 19.1. The second kappa shape index (κ2) is 4.79. The third kappa shape index (κ3) is 2.40. The van der Waals surface area contributed by atoms with Crippen LogP contribution >= 0.6 is 0 Å². The number of hydrogen-bond acceptors (Lipinski definition) is 3. The summed E-state index contributed by atoms with van der Waals surface area (Å²) in [6.45, 7) is -0.279. The second-order valence-corrected chi connectivity index (χ2v) is 2.59. The minimum atomic E-state index is -0.554. The van der Waals surface area contributed by atoms with E-state index in [0.29, 0.717) is 11.3 Å². The van der Waals surface area contributed by atoms with Gasteiger partial charge in [0.2, 0.25) is 0 Å². The molecule has 0 bridgehead atoms. The van der Waals surface area contributed by atoms with Crippen LogP contribution < -0.4 is 10.6 Å².